The Morgan fingerprint density at radius 2 is 1.85 bits per heavy atom. The number of hydrogen-bond donors (Lipinski definition) is 1. The molecule has 0 aliphatic heterocycles. The molecule has 146 valence electrons. The van der Waals surface area contributed by atoms with Gasteiger partial charge in [0, 0.05) is 11.6 Å². The highest BCUT2D eigenvalue weighted by Crippen LogP contribution is 2.24. The van der Waals surface area contributed by atoms with Gasteiger partial charge in [0.2, 0.25) is 15.9 Å². The molecule has 8 heteroatoms. The lowest BCUT2D eigenvalue weighted by molar-refractivity contribution is -0.119. The number of nitrogens with zero attached hydrogens (tertiary/aromatic N) is 1. The van der Waals surface area contributed by atoms with Crippen LogP contribution in [0.1, 0.15) is 17.5 Å². The quantitative estimate of drug-likeness (QED) is 0.676. The molecule has 0 fully saturated rings. The lowest BCUT2D eigenvalue weighted by Crippen LogP contribution is -2.40. The van der Waals surface area contributed by atoms with E-state index in [0.29, 0.717) is 30.1 Å². The summed E-state index contributed by atoms with van der Waals surface area (Å²) in [6, 6.07) is 11.0. The van der Waals surface area contributed by atoms with E-state index in [-0.39, 0.29) is 12.4 Å². The minimum atomic E-state index is -3.64. The average molecular weight is 413 g/mol. The van der Waals surface area contributed by atoms with Crippen molar-refractivity contribution < 1.29 is 17.6 Å². The largest absolute Gasteiger partial charge is 0.355 e. The molecular formula is C19H22ClFN2O3S. The summed E-state index contributed by atoms with van der Waals surface area (Å²) in [5.74, 6) is -0.694. The summed E-state index contributed by atoms with van der Waals surface area (Å²) in [6.07, 6.45) is 2.39. The molecule has 0 saturated carbocycles. The fourth-order valence-corrected chi connectivity index (χ4v) is 3.52. The van der Waals surface area contributed by atoms with E-state index in [1.54, 1.807) is 24.3 Å². The van der Waals surface area contributed by atoms with E-state index in [1.165, 1.54) is 18.2 Å². The fraction of sp³-hybridized carbons (Fsp3) is 0.316. The van der Waals surface area contributed by atoms with Crippen LogP contribution in [0.4, 0.5) is 10.1 Å². The fourth-order valence-electron chi connectivity index (χ4n) is 2.49. The number of hydrogen-bond acceptors (Lipinski definition) is 3. The van der Waals surface area contributed by atoms with Gasteiger partial charge in [-0.2, -0.15) is 0 Å². The normalized spacial score (nSPS) is 11.3. The highest BCUT2D eigenvalue weighted by Gasteiger charge is 2.21. The Morgan fingerprint density at radius 1 is 1.19 bits per heavy atom. The lowest BCUT2D eigenvalue weighted by atomic mass is 10.1. The molecule has 2 aromatic carbocycles. The van der Waals surface area contributed by atoms with Crippen molar-refractivity contribution in [3.8, 4) is 0 Å². The lowest BCUT2D eigenvalue weighted by Gasteiger charge is -2.22. The third-order valence-electron chi connectivity index (χ3n) is 4.01. The van der Waals surface area contributed by atoms with Gasteiger partial charge in [0.05, 0.1) is 11.9 Å². The van der Waals surface area contributed by atoms with E-state index < -0.39 is 15.9 Å². The zero-order valence-corrected chi connectivity index (χ0v) is 16.8. The zero-order valence-electron chi connectivity index (χ0n) is 15.2. The van der Waals surface area contributed by atoms with Crippen molar-refractivity contribution >= 4 is 33.2 Å². The summed E-state index contributed by atoms with van der Waals surface area (Å²) in [5, 5.41) is 3.14. The number of anilines is 1. The number of carbonyl (C=O) groups excluding carboxylic acids is 1. The molecule has 0 saturated heterocycles. The average Bonchev–Trinajstić information content (AvgIpc) is 2.60. The summed E-state index contributed by atoms with van der Waals surface area (Å²) < 4.78 is 38.0. The standard InChI is InChI=1S/C19H22ClFN2O3S/c1-14-5-10-17(12-18(14)20)23(27(2,25)26)13-19(24)22-11-3-4-15-6-8-16(21)9-7-15/h5-10,12H,3-4,11,13H2,1-2H3,(H,22,24). The van der Waals surface area contributed by atoms with Crippen molar-refractivity contribution in [2.75, 3.05) is 23.7 Å². The molecule has 0 radical (unpaired) electrons. The van der Waals surface area contributed by atoms with Gasteiger partial charge in [0.15, 0.2) is 0 Å². The third-order valence-corrected chi connectivity index (χ3v) is 5.56. The Kier molecular flexibility index (Phi) is 7.21. The van der Waals surface area contributed by atoms with Crippen LogP contribution in [0.2, 0.25) is 5.02 Å². The van der Waals surface area contributed by atoms with Crippen LogP contribution in [0.5, 0.6) is 0 Å². The molecule has 2 rings (SSSR count). The van der Waals surface area contributed by atoms with Gasteiger partial charge >= 0.3 is 0 Å². The number of nitrogens with one attached hydrogen (secondary N) is 1. The van der Waals surface area contributed by atoms with E-state index in [1.807, 2.05) is 6.92 Å². The van der Waals surface area contributed by atoms with Crippen LogP contribution in [0, 0.1) is 12.7 Å². The third kappa shape index (κ3) is 6.52. The van der Waals surface area contributed by atoms with Crippen molar-refractivity contribution in [3.63, 3.8) is 0 Å². The molecule has 5 nitrogen and oxygen atoms in total. The SMILES string of the molecule is Cc1ccc(N(CC(=O)NCCCc2ccc(F)cc2)S(C)(=O)=O)cc1Cl. The maximum Gasteiger partial charge on any atom is 0.240 e. The monoisotopic (exact) mass is 412 g/mol. The summed E-state index contributed by atoms with van der Waals surface area (Å²) in [4.78, 5) is 12.2. The molecule has 0 heterocycles. The number of rotatable bonds is 8. The second-order valence-electron chi connectivity index (χ2n) is 6.28. The number of aryl methyl sites for hydroxylation is 2. The van der Waals surface area contributed by atoms with Crippen molar-refractivity contribution in [2.45, 2.75) is 19.8 Å². The molecule has 1 amide bonds. The Morgan fingerprint density at radius 3 is 2.44 bits per heavy atom. The van der Waals surface area contributed by atoms with Crippen LogP contribution in [0.25, 0.3) is 0 Å². The van der Waals surface area contributed by atoms with E-state index in [9.17, 15) is 17.6 Å². The highest BCUT2D eigenvalue weighted by molar-refractivity contribution is 7.92. The number of halogens is 2. The van der Waals surface area contributed by atoms with Gasteiger partial charge in [0.1, 0.15) is 12.4 Å². The topological polar surface area (TPSA) is 66.5 Å². The predicted molar refractivity (Wildman–Crippen MR) is 106 cm³/mol. The molecule has 1 N–H and O–H groups in total. The first kappa shape index (κ1) is 21.2. The van der Waals surface area contributed by atoms with Gasteiger partial charge in [0.25, 0.3) is 0 Å². The first-order valence-corrected chi connectivity index (χ1v) is 10.6. The molecule has 2 aromatic rings. The first-order chi connectivity index (χ1) is 12.7. The Hall–Kier alpha value is -2.12. The predicted octanol–water partition coefficient (Wildman–Crippen LogP) is 3.30. The minimum Gasteiger partial charge on any atom is -0.355 e. The van der Waals surface area contributed by atoms with Crippen LogP contribution >= 0.6 is 11.6 Å². The highest BCUT2D eigenvalue weighted by atomic mass is 35.5. The number of benzene rings is 2. The van der Waals surface area contributed by atoms with Crippen molar-refractivity contribution in [1.82, 2.24) is 5.32 Å². The Balaban J connectivity index is 1.92. The molecule has 0 spiro atoms. The van der Waals surface area contributed by atoms with E-state index in [4.69, 9.17) is 11.6 Å². The van der Waals surface area contributed by atoms with Gasteiger partial charge in [-0.05, 0) is 55.2 Å². The number of sulfonamides is 1. The van der Waals surface area contributed by atoms with Gasteiger partial charge < -0.3 is 5.32 Å². The number of amides is 1. The van der Waals surface area contributed by atoms with Gasteiger partial charge in [-0.1, -0.05) is 29.8 Å². The number of carbonyl (C=O) groups is 1. The van der Waals surface area contributed by atoms with Crippen molar-refractivity contribution in [2.24, 2.45) is 0 Å². The Labute approximate surface area is 164 Å². The van der Waals surface area contributed by atoms with Gasteiger partial charge in [-0.3, -0.25) is 9.10 Å². The Bertz CT molecular complexity index is 902. The zero-order chi connectivity index (χ0) is 20.0. The summed E-state index contributed by atoms with van der Waals surface area (Å²) in [5.41, 5.74) is 2.13. The van der Waals surface area contributed by atoms with Crippen molar-refractivity contribution in [3.05, 3.63) is 64.4 Å². The molecule has 0 aromatic heterocycles. The first-order valence-electron chi connectivity index (χ1n) is 8.42. The maximum absolute atomic E-state index is 12.9. The van der Waals surface area contributed by atoms with Gasteiger partial charge in [-0.25, -0.2) is 12.8 Å². The molecule has 0 unspecified atom stereocenters. The molecule has 27 heavy (non-hydrogen) atoms. The van der Waals surface area contributed by atoms with E-state index >= 15 is 0 Å². The minimum absolute atomic E-state index is 0.288. The summed E-state index contributed by atoms with van der Waals surface area (Å²) >= 11 is 6.07. The van der Waals surface area contributed by atoms with E-state index in [0.717, 1.165) is 21.7 Å². The molecule has 0 aliphatic rings. The smallest absolute Gasteiger partial charge is 0.240 e. The molecule has 0 aliphatic carbocycles. The van der Waals surface area contributed by atoms with Gasteiger partial charge in [-0.15, -0.1) is 0 Å². The second-order valence-corrected chi connectivity index (χ2v) is 8.60. The maximum atomic E-state index is 12.9. The van der Waals surface area contributed by atoms with Crippen LogP contribution in [0.3, 0.4) is 0 Å². The van der Waals surface area contributed by atoms with Crippen LogP contribution < -0.4 is 9.62 Å². The summed E-state index contributed by atoms with van der Waals surface area (Å²) in [6.45, 7) is 1.88. The molecular weight excluding hydrogens is 391 g/mol. The summed E-state index contributed by atoms with van der Waals surface area (Å²) in [7, 11) is -3.64. The molecule has 0 bridgehead atoms. The van der Waals surface area contributed by atoms with Crippen LogP contribution in [-0.2, 0) is 21.2 Å². The van der Waals surface area contributed by atoms with Crippen LogP contribution in [-0.4, -0.2) is 33.7 Å². The van der Waals surface area contributed by atoms with E-state index in [2.05, 4.69) is 5.32 Å². The second kappa shape index (κ2) is 9.19. The molecule has 0 atom stereocenters. The van der Waals surface area contributed by atoms with Crippen LogP contribution in [0.15, 0.2) is 42.5 Å². The van der Waals surface area contributed by atoms with Crippen molar-refractivity contribution in [1.29, 1.82) is 0 Å².